The first-order chi connectivity index (χ1) is 15.4. The van der Waals surface area contributed by atoms with Gasteiger partial charge in [0.2, 0.25) is 15.9 Å². The second kappa shape index (κ2) is 8.50. The van der Waals surface area contributed by atoms with E-state index >= 15 is 0 Å². The number of rotatable bonds is 6. The van der Waals surface area contributed by atoms with Gasteiger partial charge in [-0.15, -0.1) is 0 Å². The highest BCUT2D eigenvalue weighted by Gasteiger charge is 2.42. The average Bonchev–Trinajstić information content (AvgIpc) is 3.58. The molecular weight excluding hydrogens is 426 g/mol. The molecule has 170 valence electrons. The third-order valence-electron chi connectivity index (χ3n) is 6.58. The van der Waals surface area contributed by atoms with Crippen LogP contribution >= 0.6 is 0 Å². The van der Waals surface area contributed by atoms with E-state index in [1.165, 1.54) is 6.07 Å². The average molecular weight is 456 g/mol. The number of ether oxygens (including phenoxy) is 1. The van der Waals surface area contributed by atoms with Crippen LogP contribution in [-0.2, 0) is 14.8 Å². The van der Waals surface area contributed by atoms with Crippen LogP contribution in [0.5, 0.6) is 5.75 Å². The Labute approximate surface area is 189 Å². The number of nitrogens with one attached hydrogen (secondary N) is 3. The molecule has 1 saturated carbocycles. The first-order valence-corrected chi connectivity index (χ1v) is 12.8. The van der Waals surface area contributed by atoms with E-state index in [1.54, 1.807) is 18.2 Å². The van der Waals surface area contributed by atoms with Crippen LogP contribution in [0.15, 0.2) is 53.4 Å². The van der Waals surface area contributed by atoms with Gasteiger partial charge in [0.25, 0.3) is 0 Å². The Morgan fingerprint density at radius 2 is 1.88 bits per heavy atom. The lowest BCUT2D eigenvalue weighted by Crippen LogP contribution is -2.49. The van der Waals surface area contributed by atoms with Crippen LogP contribution in [0.4, 0.5) is 5.69 Å². The highest BCUT2D eigenvalue weighted by Crippen LogP contribution is 2.45. The minimum atomic E-state index is -3.56. The predicted octanol–water partition coefficient (Wildman–Crippen LogP) is 3.14. The number of hydrogen-bond acceptors (Lipinski definition) is 5. The Kier molecular flexibility index (Phi) is 5.69. The van der Waals surface area contributed by atoms with Crippen LogP contribution in [0.2, 0.25) is 0 Å². The van der Waals surface area contributed by atoms with Crippen LogP contribution < -0.4 is 20.1 Å². The molecule has 3 aliphatic rings. The molecule has 7 nitrogen and oxygen atoms in total. The van der Waals surface area contributed by atoms with Crippen molar-refractivity contribution in [2.24, 2.45) is 0 Å². The molecule has 2 aromatic carbocycles. The molecule has 1 spiro atoms. The quantitative estimate of drug-likeness (QED) is 0.622. The zero-order chi connectivity index (χ0) is 22.2. The second-order valence-corrected chi connectivity index (χ2v) is 10.9. The topological polar surface area (TPSA) is 96.5 Å². The van der Waals surface area contributed by atoms with E-state index in [1.807, 2.05) is 24.3 Å². The van der Waals surface area contributed by atoms with E-state index in [9.17, 15) is 13.2 Å². The van der Waals surface area contributed by atoms with Gasteiger partial charge < -0.3 is 15.4 Å². The van der Waals surface area contributed by atoms with Crippen LogP contribution in [0.25, 0.3) is 0 Å². The summed E-state index contributed by atoms with van der Waals surface area (Å²) in [5, 5.41) is 6.30. The van der Waals surface area contributed by atoms with E-state index in [-0.39, 0.29) is 28.4 Å². The molecule has 0 aromatic heterocycles. The fourth-order valence-electron chi connectivity index (χ4n) is 4.78. The van der Waals surface area contributed by atoms with Crippen molar-refractivity contribution < 1.29 is 17.9 Å². The number of sulfonamides is 1. The summed E-state index contributed by atoms with van der Waals surface area (Å²) in [5.41, 5.74) is 1.33. The molecule has 1 aliphatic carbocycles. The number of carbonyl (C=O) groups is 1. The van der Waals surface area contributed by atoms with E-state index in [0.717, 1.165) is 56.5 Å². The Balaban J connectivity index is 1.31. The molecule has 3 N–H and O–H groups in total. The van der Waals surface area contributed by atoms with Crippen molar-refractivity contribution in [3.8, 4) is 5.75 Å². The van der Waals surface area contributed by atoms with Crippen molar-refractivity contribution in [1.82, 2.24) is 10.0 Å². The van der Waals surface area contributed by atoms with Gasteiger partial charge in [0.05, 0.1) is 4.90 Å². The lowest BCUT2D eigenvalue weighted by atomic mass is 9.76. The molecule has 1 amide bonds. The monoisotopic (exact) mass is 455 g/mol. The summed E-state index contributed by atoms with van der Waals surface area (Å²) in [7, 11) is -3.56. The summed E-state index contributed by atoms with van der Waals surface area (Å²) >= 11 is 0. The van der Waals surface area contributed by atoms with Gasteiger partial charge >= 0.3 is 0 Å². The Hall–Kier alpha value is -2.42. The molecule has 1 unspecified atom stereocenters. The van der Waals surface area contributed by atoms with Crippen LogP contribution in [0.1, 0.15) is 50.0 Å². The SMILES string of the molecule is O=C(CC1CC2(CCNCC2)Oc2ccccc21)Nc1cccc(S(=O)(=O)NC2CC2)c1. The number of anilines is 1. The first kappa shape index (κ1) is 21.4. The number of carbonyl (C=O) groups excluding carboxylic acids is 1. The molecule has 2 heterocycles. The maximum atomic E-state index is 13.0. The van der Waals surface area contributed by atoms with Gasteiger partial charge in [0.1, 0.15) is 11.4 Å². The molecule has 1 saturated heterocycles. The molecule has 32 heavy (non-hydrogen) atoms. The van der Waals surface area contributed by atoms with E-state index in [2.05, 4.69) is 15.4 Å². The van der Waals surface area contributed by atoms with Crippen molar-refractivity contribution in [3.63, 3.8) is 0 Å². The smallest absolute Gasteiger partial charge is 0.240 e. The van der Waals surface area contributed by atoms with E-state index in [4.69, 9.17) is 4.74 Å². The van der Waals surface area contributed by atoms with Crippen molar-refractivity contribution in [1.29, 1.82) is 0 Å². The minimum Gasteiger partial charge on any atom is -0.487 e. The van der Waals surface area contributed by atoms with Crippen molar-refractivity contribution >= 4 is 21.6 Å². The summed E-state index contributed by atoms with van der Waals surface area (Å²) in [6.45, 7) is 1.83. The third-order valence-corrected chi connectivity index (χ3v) is 8.10. The van der Waals surface area contributed by atoms with Gasteiger partial charge in [-0.1, -0.05) is 24.3 Å². The largest absolute Gasteiger partial charge is 0.487 e. The predicted molar refractivity (Wildman–Crippen MR) is 122 cm³/mol. The summed E-state index contributed by atoms with van der Waals surface area (Å²) in [4.78, 5) is 13.2. The molecule has 2 aromatic rings. The Morgan fingerprint density at radius 1 is 1.09 bits per heavy atom. The molecule has 8 heteroatoms. The number of amides is 1. The lowest BCUT2D eigenvalue weighted by molar-refractivity contribution is -0.117. The van der Waals surface area contributed by atoms with Crippen LogP contribution in [0.3, 0.4) is 0 Å². The number of benzene rings is 2. The normalized spacial score (nSPS) is 22.1. The van der Waals surface area contributed by atoms with E-state index in [0.29, 0.717) is 12.1 Å². The highest BCUT2D eigenvalue weighted by molar-refractivity contribution is 7.89. The zero-order valence-corrected chi connectivity index (χ0v) is 18.8. The van der Waals surface area contributed by atoms with Crippen molar-refractivity contribution in [3.05, 3.63) is 54.1 Å². The zero-order valence-electron chi connectivity index (χ0n) is 18.0. The Morgan fingerprint density at radius 3 is 2.66 bits per heavy atom. The number of hydrogen-bond donors (Lipinski definition) is 3. The lowest BCUT2D eigenvalue weighted by Gasteiger charge is -2.44. The molecular formula is C24H29N3O4S. The fraction of sp³-hybridized carbons (Fsp3) is 0.458. The molecule has 0 bridgehead atoms. The number of piperidine rings is 1. The van der Waals surface area contributed by atoms with Gasteiger partial charge in [0.15, 0.2) is 0 Å². The summed E-state index contributed by atoms with van der Waals surface area (Å²) in [6.07, 6.45) is 4.73. The first-order valence-electron chi connectivity index (χ1n) is 11.3. The van der Waals surface area contributed by atoms with Gasteiger partial charge in [0, 0.05) is 24.1 Å². The second-order valence-electron chi connectivity index (χ2n) is 9.15. The molecule has 0 radical (unpaired) electrons. The van der Waals surface area contributed by atoms with Gasteiger partial charge in [-0.2, -0.15) is 0 Å². The fourth-order valence-corrected chi connectivity index (χ4v) is 6.13. The number of fused-ring (bicyclic) bond motifs is 1. The van der Waals surface area contributed by atoms with Gasteiger partial charge in [-0.05, 0) is 75.0 Å². The number of para-hydroxylation sites is 1. The highest BCUT2D eigenvalue weighted by atomic mass is 32.2. The molecule has 2 aliphatic heterocycles. The summed E-state index contributed by atoms with van der Waals surface area (Å²) in [6, 6.07) is 14.5. The van der Waals surface area contributed by atoms with Gasteiger partial charge in [-0.3, -0.25) is 4.79 Å². The van der Waals surface area contributed by atoms with Crippen molar-refractivity contribution in [2.75, 3.05) is 18.4 Å². The molecule has 2 fully saturated rings. The molecule has 5 rings (SSSR count). The minimum absolute atomic E-state index is 0.0362. The maximum Gasteiger partial charge on any atom is 0.240 e. The van der Waals surface area contributed by atoms with Crippen molar-refractivity contribution in [2.45, 2.75) is 61.0 Å². The van der Waals surface area contributed by atoms with Crippen LogP contribution in [-0.4, -0.2) is 39.1 Å². The van der Waals surface area contributed by atoms with Gasteiger partial charge in [-0.25, -0.2) is 13.1 Å². The summed E-state index contributed by atoms with van der Waals surface area (Å²) < 4.78 is 34.1. The molecule has 1 atom stereocenters. The van der Waals surface area contributed by atoms with Crippen LogP contribution in [0, 0.1) is 0 Å². The maximum absolute atomic E-state index is 13.0. The summed E-state index contributed by atoms with van der Waals surface area (Å²) in [5.74, 6) is 0.805. The Bertz CT molecular complexity index is 1110. The van der Waals surface area contributed by atoms with E-state index < -0.39 is 10.0 Å². The standard InChI is InChI=1S/C24H29N3O4S/c28-23(26-19-4-3-5-20(15-19)32(29,30)27-18-8-9-18)14-17-16-24(10-12-25-13-11-24)31-22-7-2-1-6-21(17)22/h1-7,15,17-18,25,27H,8-14,16H2,(H,26,28). The third kappa shape index (κ3) is 4.67.